The van der Waals surface area contributed by atoms with Crippen LogP contribution in [0.15, 0.2) is 24.4 Å². The van der Waals surface area contributed by atoms with E-state index in [0.717, 1.165) is 0 Å². The maximum atomic E-state index is 11.2. The van der Waals surface area contributed by atoms with Gasteiger partial charge in [0, 0.05) is 6.20 Å². The van der Waals surface area contributed by atoms with E-state index in [1.807, 2.05) is 0 Å². The average molecular weight is 278 g/mol. The Morgan fingerprint density at radius 1 is 1.18 bits per heavy atom. The SMILES string of the molecule is O=C(O)C1C2C=CC=CN2C(Cl)(Cl)C1C(=O)O. The van der Waals surface area contributed by atoms with Crippen LogP contribution in [-0.2, 0) is 9.59 Å². The van der Waals surface area contributed by atoms with Gasteiger partial charge in [-0.05, 0) is 6.08 Å². The average Bonchev–Trinajstić information content (AvgIpc) is 2.48. The summed E-state index contributed by atoms with van der Waals surface area (Å²) in [6.07, 6.45) is 6.36. The second-order valence-electron chi connectivity index (χ2n) is 3.89. The van der Waals surface area contributed by atoms with Gasteiger partial charge < -0.3 is 15.1 Å². The second kappa shape index (κ2) is 3.92. The molecule has 0 radical (unpaired) electrons. The molecule has 0 aliphatic carbocycles. The number of hydrogen-bond acceptors (Lipinski definition) is 3. The molecule has 3 atom stereocenters. The summed E-state index contributed by atoms with van der Waals surface area (Å²) in [6, 6.07) is -0.645. The number of nitrogens with zero attached hydrogens (tertiary/aromatic N) is 1. The molecule has 2 aliphatic rings. The van der Waals surface area contributed by atoms with Crippen LogP contribution in [0.5, 0.6) is 0 Å². The Bertz CT molecular complexity index is 432. The van der Waals surface area contributed by atoms with Crippen LogP contribution in [-0.4, -0.2) is 37.6 Å². The van der Waals surface area contributed by atoms with Gasteiger partial charge >= 0.3 is 11.9 Å². The number of carboxylic acid groups (broad SMARTS) is 2. The largest absolute Gasteiger partial charge is 0.481 e. The lowest BCUT2D eigenvalue weighted by Crippen LogP contribution is -2.40. The van der Waals surface area contributed by atoms with Crippen molar-refractivity contribution in [3.63, 3.8) is 0 Å². The quantitative estimate of drug-likeness (QED) is 0.587. The van der Waals surface area contributed by atoms with E-state index in [9.17, 15) is 9.59 Å². The first kappa shape index (κ1) is 12.3. The summed E-state index contributed by atoms with van der Waals surface area (Å²) in [5.41, 5.74) is 0. The van der Waals surface area contributed by atoms with Crippen molar-refractivity contribution in [1.82, 2.24) is 4.90 Å². The number of alkyl halides is 2. The van der Waals surface area contributed by atoms with Gasteiger partial charge in [-0.15, -0.1) is 0 Å². The van der Waals surface area contributed by atoms with Gasteiger partial charge in [0.25, 0.3) is 0 Å². The van der Waals surface area contributed by atoms with Crippen molar-refractivity contribution in [1.29, 1.82) is 0 Å². The van der Waals surface area contributed by atoms with Gasteiger partial charge in [-0.25, -0.2) is 0 Å². The summed E-state index contributed by atoms with van der Waals surface area (Å²) >= 11 is 12.0. The fourth-order valence-corrected chi connectivity index (χ4v) is 3.06. The third-order valence-corrected chi connectivity index (χ3v) is 3.84. The van der Waals surface area contributed by atoms with Crippen LogP contribution in [0.4, 0.5) is 0 Å². The van der Waals surface area contributed by atoms with Crippen LogP contribution in [0.25, 0.3) is 0 Å². The monoisotopic (exact) mass is 277 g/mol. The topological polar surface area (TPSA) is 77.8 Å². The molecule has 2 aliphatic heterocycles. The normalized spacial score (nSPS) is 33.5. The standard InChI is InChI=1S/C10H9Cl2NO4/c11-10(12)7(9(16)17)6(8(14)15)5-3-1-2-4-13(5)10/h1-7H,(H,14,15)(H,16,17). The van der Waals surface area contributed by atoms with Gasteiger partial charge in [-0.1, -0.05) is 35.4 Å². The van der Waals surface area contributed by atoms with Crippen LogP contribution >= 0.6 is 23.2 Å². The lowest BCUT2D eigenvalue weighted by molar-refractivity contribution is -0.152. The fraction of sp³-hybridized carbons (Fsp3) is 0.400. The first-order valence-electron chi connectivity index (χ1n) is 4.84. The van der Waals surface area contributed by atoms with Gasteiger partial charge in [0.05, 0.1) is 12.0 Å². The number of allylic oxidation sites excluding steroid dienone is 2. The molecular formula is C10H9Cl2NO4. The number of carbonyl (C=O) groups is 2. The molecule has 0 bridgehead atoms. The Balaban J connectivity index is 2.50. The minimum absolute atomic E-state index is 0.645. The highest BCUT2D eigenvalue weighted by Crippen LogP contribution is 2.50. The van der Waals surface area contributed by atoms with E-state index in [1.165, 1.54) is 11.1 Å². The van der Waals surface area contributed by atoms with E-state index in [0.29, 0.717) is 0 Å². The predicted molar refractivity (Wildman–Crippen MR) is 60.6 cm³/mol. The molecule has 2 heterocycles. The fourth-order valence-electron chi connectivity index (χ4n) is 2.27. The van der Waals surface area contributed by atoms with Crippen molar-refractivity contribution in [2.45, 2.75) is 10.5 Å². The molecule has 0 aromatic rings. The molecule has 17 heavy (non-hydrogen) atoms. The first-order chi connectivity index (χ1) is 7.87. The van der Waals surface area contributed by atoms with E-state index < -0.39 is 34.3 Å². The van der Waals surface area contributed by atoms with Crippen molar-refractivity contribution in [3.05, 3.63) is 24.4 Å². The number of rotatable bonds is 2. The summed E-state index contributed by atoms with van der Waals surface area (Å²) < 4.78 is -1.76. The maximum absolute atomic E-state index is 11.2. The zero-order chi connectivity index (χ0) is 12.8. The van der Waals surface area contributed by atoms with Crippen LogP contribution < -0.4 is 0 Å². The zero-order valence-corrected chi connectivity index (χ0v) is 9.97. The van der Waals surface area contributed by atoms with Gasteiger partial charge in [0.15, 0.2) is 0 Å². The van der Waals surface area contributed by atoms with Crippen LogP contribution in [0.2, 0.25) is 0 Å². The number of aliphatic carboxylic acids is 2. The maximum Gasteiger partial charge on any atom is 0.312 e. The van der Waals surface area contributed by atoms with Crippen molar-refractivity contribution in [2.24, 2.45) is 11.8 Å². The third-order valence-electron chi connectivity index (χ3n) is 2.98. The smallest absolute Gasteiger partial charge is 0.312 e. The highest BCUT2D eigenvalue weighted by atomic mass is 35.5. The number of hydrogen-bond donors (Lipinski definition) is 2. The summed E-state index contributed by atoms with van der Waals surface area (Å²) in [4.78, 5) is 23.7. The van der Waals surface area contributed by atoms with Gasteiger partial charge in [-0.2, -0.15) is 0 Å². The Kier molecular flexibility index (Phi) is 2.83. The number of carboxylic acids is 2. The van der Waals surface area contributed by atoms with E-state index in [1.54, 1.807) is 18.2 Å². The molecule has 0 aromatic heterocycles. The van der Waals surface area contributed by atoms with E-state index in [-0.39, 0.29) is 0 Å². The lowest BCUT2D eigenvalue weighted by Gasteiger charge is -2.31. The Morgan fingerprint density at radius 2 is 1.82 bits per heavy atom. The molecule has 2 N–H and O–H groups in total. The molecular weight excluding hydrogens is 269 g/mol. The number of fused-ring (bicyclic) bond motifs is 1. The number of halogens is 2. The molecule has 1 fully saturated rings. The summed E-state index contributed by atoms with van der Waals surface area (Å²) in [7, 11) is 0. The molecule has 3 unspecified atom stereocenters. The summed E-state index contributed by atoms with van der Waals surface area (Å²) in [5, 5.41) is 18.2. The van der Waals surface area contributed by atoms with E-state index >= 15 is 0 Å². The van der Waals surface area contributed by atoms with Crippen molar-refractivity contribution >= 4 is 35.1 Å². The molecule has 0 saturated carbocycles. The Labute approximate surface area is 107 Å². The third kappa shape index (κ3) is 1.70. The van der Waals surface area contributed by atoms with Crippen molar-refractivity contribution in [3.8, 4) is 0 Å². The highest BCUT2D eigenvalue weighted by molar-refractivity contribution is 6.49. The molecule has 0 spiro atoms. The van der Waals surface area contributed by atoms with Gasteiger partial charge in [-0.3, -0.25) is 9.59 Å². The zero-order valence-electron chi connectivity index (χ0n) is 8.46. The minimum atomic E-state index is -1.76. The van der Waals surface area contributed by atoms with Gasteiger partial charge in [0.2, 0.25) is 4.46 Å². The van der Waals surface area contributed by atoms with Crippen molar-refractivity contribution in [2.75, 3.05) is 0 Å². The highest BCUT2D eigenvalue weighted by Gasteiger charge is 2.62. The van der Waals surface area contributed by atoms with E-state index in [4.69, 9.17) is 33.4 Å². The molecule has 1 saturated heterocycles. The lowest BCUT2D eigenvalue weighted by atomic mass is 9.90. The first-order valence-corrected chi connectivity index (χ1v) is 5.60. The summed E-state index contributed by atoms with van der Waals surface area (Å²) in [5.74, 6) is -5.11. The molecule has 0 amide bonds. The Morgan fingerprint density at radius 3 is 2.35 bits per heavy atom. The molecule has 2 rings (SSSR count). The summed E-state index contributed by atoms with van der Waals surface area (Å²) in [6.45, 7) is 0. The Hall–Kier alpha value is -1.20. The molecule has 5 nitrogen and oxygen atoms in total. The minimum Gasteiger partial charge on any atom is -0.481 e. The molecule has 7 heteroatoms. The van der Waals surface area contributed by atoms with Crippen LogP contribution in [0.3, 0.4) is 0 Å². The predicted octanol–water partition coefficient (Wildman–Crippen LogP) is 1.29. The van der Waals surface area contributed by atoms with Crippen LogP contribution in [0.1, 0.15) is 0 Å². The molecule has 92 valence electrons. The van der Waals surface area contributed by atoms with E-state index in [2.05, 4.69) is 0 Å². The van der Waals surface area contributed by atoms with Crippen LogP contribution in [0, 0.1) is 11.8 Å². The second-order valence-corrected chi connectivity index (χ2v) is 5.24. The van der Waals surface area contributed by atoms with Gasteiger partial charge in [0.1, 0.15) is 5.92 Å². The van der Waals surface area contributed by atoms with Crippen molar-refractivity contribution < 1.29 is 19.8 Å². The molecule has 0 aromatic carbocycles.